The molecule has 2 saturated heterocycles. The van der Waals surface area contributed by atoms with Crippen LogP contribution in [0, 0.1) is 5.92 Å². The second kappa shape index (κ2) is 37.5. The Kier molecular flexibility index (Phi) is 27.6. The van der Waals surface area contributed by atoms with Gasteiger partial charge in [-0.05, 0) is 152 Å². The number of aromatic hydroxyl groups is 3. The molecule has 0 aliphatic carbocycles. The van der Waals surface area contributed by atoms with E-state index in [2.05, 4.69) is 57.6 Å². The second-order valence-electron chi connectivity index (χ2n) is 30.2. The van der Waals surface area contributed by atoms with Crippen LogP contribution in [-0.4, -0.2) is 208 Å². The molecule has 1 aromatic heterocycles. The number of phenols is 3. The minimum atomic E-state index is -4.98. The molecule has 8 heterocycles. The number of hydrogen-bond acceptors (Lipinski definition) is 29. The van der Waals surface area contributed by atoms with Crippen LogP contribution in [0.1, 0.15) is 121 Å². The number of hydroxylamine groups is 1. The number of carbonyl (C=O) groups excluding carboxylic acids is 9. The number of nitrogens with zero attached hydrogens (tertiary/aromatic N) is 1. The van der Waals surface area contributed by atoms with Crippen LogP contribution in [0.4, 0.5) is 18.9 Å². The van der Waals surface area contributed by atoms with Gasteiger partial charge in [-0.25, -0.2) is 5.48 Å². The highest BCUT2D eigenvalue weighted by molar-refractivity contribution is 6.32. The first-order valence-corrected chi connectivity index (χ1v) is 38.7. The number of pyridine rings is 1. The molecule has 43 heteroatoms. The Morgan fingerprint density at radius 2 is 1.35 bits per heavy atom. The second-order valence-corrected chi connectivity index (χ2v) is 31.0. The summed E-state index contributed by atoms with van der Waals surface area (Å²) >= 11 is 14.3. The maximum absolute atomic E-state index is 16.3. The lowest BCUT2D eigenvalue weighted by atomic mass is 9.84. The fourth-order valence-corrected chi connectivity index (χ4v) is 15.1. The van der Waals surface area contributed by atoms with E-state index in [1.165, 1.54) is 44.0 Å². The lowest BCUT2D eigenvalue weighted by molar-refractivity contribution is -0.334. The molecule has 2 fully saturated rings. The van der Waals surface area contributed by atoms with E-state index in [0.717, 1.165) is 97.1 Å². The predicted octanol–water partition coefficient (Wildman–Crippen LogP) is 2.90. The van der Waals surface area contributed by atoms with Crippen LogP contribution in [0.2, 0.25) is 10.0 Å². The van der Waals surface area contributed by atoms with Crippen molar-refractivity contribution in [3.05, 3.63) is 171 Å². The third-order valence-electron chi connectivity index (χ3n) is 21.0. The third-order valence-corrected chi connectivity index (χ3v) is 21.5. The van der Waals surface area contributed by atoms with Gasteiger partial charge in [0.05, 0.1) is 53.2 Å². The van der Waals surface area contributed by atoms with Crippen LogP contribution in [0.25, 0.3) is 11.1 Å². The number of aliphatic hydroxyl groups is 6. The summed E-state index contributed by atoms with van der Waals surface area (Å²) in [6.45, 7) is 5.50. The lowest BCUT2D eigenvalue weighted by Gasteiger charge is -2.48. The van der Waals surface area contributed by atoms with Crippen molar-refractivity contribution >= 4 is 82.1 Å². The summed E-state index contributed by atoms with van der Waals surface area (Å²) in [7, 11) is 1.45. The number of primary amides is 1. The molecule has 0 saturated carbocycles. The molecule has 14 rings (SSSR count). The number of rotatable bonds is 19. The van der Waals surface area contributed by atoms with Crippen LogP contribution in [0.5, 0.6) is 51.7 Å². The Labute approximate surface area is 705 Å². The molecule has 7 aliphatic rings. The monoisotopic (exact) mass is 1760 g/mol. The van der Waals surface area contributed by atoms with Crippen molar-refractivity contribution in [3.63, 3.8) is 0 Å². The fraction of sp³-hybridized carbons (Fsp3) is 0.375. The van der Waals surface area contributed by atoms with Crippen molar-refractivity contribution in [1.82, 2.24) is 53.0 Å². The number of hydrogen-bond donors (Lipinski definition) is 21. The molecule has 18 atom stereocenters. The van der Waals surface area contributed by atoms with Gasteiger partial charge in [-0.3, -0.25) is 53.3 Å². The third kappa shape index (κ3) is 20.4. The molecule has 22 N–H and O–H groups in total. The van der Waals surface area contributed by atoms with Crippen molar-refractivity contribution in [2.45, 2.75) is 169 Å². The molecule has 38 nitrogen and oxygen atoms in total. The Bertz CT molecular complexity index is 5220. The van der Waals surface area contributed by atoms with Gasteiger partial charge in [0.1, 0.15) is 101 Å². The van der Waals surface area contributed by atoms with Crippen LogP contribution in [0.3, 0.4) is 0 Å². The molecule has 18 unspecified atom stereocenters. The van der Waals surface area contributed by atoms with E-state index in [9.17, 15) is 88.3 Å². The number of amides is 9. The average Bonchev–Trinajstić information content (AvgIpc) is 0.751. The molecule has 6 aromatic carbocycles. The molecule has 0 spiro atoms. The first-order chi connectivity index (χ1) is 58.2. The van der Waals surface area contributed by atoms with Gasteiger partial charge in [-0.1, -0.05) is 55.2 Å². The van der Waals surface area contributed by atoms with Crippen molar-refractivity contribution in [2.75, 3.05) is 19.0 Å². The molecular formula is C80H85Cl2F3N12O26. The van der Waals surface area contributed by atoms with Gasteiger partial charge >= 0.3 is 6.36 Å². The zero-order valence-corrected chi connectivity index (χ0v) is 66.9. The number of ether oxygens (including phenoxy) is 7. The zero-order valence-electron chi connectivity index (χ0n) is 65.4. The summed E-state index contributed by atoms with van der Waals surface area (Å²) in [5, 5.41) is 139. The average molecular weight is 1760 g/mol. The first kappa shape index (κ1) is 90.4. The summed E-state index contributed by atoms with van der Waals surface area (Å²) < 4.78 is 81.8. The highest BCUT2D eigenvalue weighted by atomic mass is 35.5. The SMILES string of the molecule is CNC(CC(C)C)C(=O)NC1C(=O)NC(CC(N)=O)C(=O)NC2C(=O)NC3C(=O)NC(C(=O)NC(C(=O)NO)c4cc(O)cc(O)c4-c4cc3ccc4O)C(O)c3ccc(c(Cl)c3)Oc3cc2cc(c3OC2OC(CO)C(O)C(O)C2OC2CC(C)(NCc3cncc(NC(=O)c4ccc(OC(F)(F)F)cc4)c3)C(O)C(C)O2)Oc2ccc(cc2Cl)C1O. The summed E-state index contributed by atoms with van der Waals surface area (Å²) in [6, 6.07) is 4.43. The molecule has 11 bridgehead atoms. The van der Waals surface area contributed by atoms with Gasteiger partial charge in [-0.15, -0.1) is 13.2 Å². The highest BCUT2D eigenvalue weighted by Crippen LogP contribution is 2.50. The quantitative estimate of drug-likeness (QED) is 0.0409. The van der Waals surface area contributed by atoms with Crippen LogP contribution < -0.4 is 78.0 Å². The number of alkyl halides is 3. The number of fused-ring (bicyclic) bond motifs is 15. The Balaban J connectivity index is 1.01. The zero-order chi connectivity index (χ0) is 89.1. The fourth-order valence-electron chi connectivity index (χ4n) is 14.7. The molecule has 9 amide bonds. The van der Waals surface area contributed by atoms with E-state index in [1.807, 2.05) is 0 Å². The van der Waals surface area contributed by atoms with Crippen molar-refractivity contribution in [1.29, 1.82) is 0 Å². The smallest absolute Gasteiger partial charge is 0.508 e. The van der Waals surface area contributed by atoms with Gasteiger partial charge in [0.2, 0.25) is 53.4 Å². The number of phenolic OH excluding ortho intramolecular Hbond substituents is 3. The number of aromatic nitrogens is 1. The minimum Gasteiger partial charge on any atom is -0.508 e. The number of benzene rings is 6. The summed E-state index contributed by atoms with van der Waals surface area (Å²) in [4.78, 5) is 136. The maximum Gasteiger partial charge on any atom is 0.573 e. The standard InChI is InChI=1S/C80H85Cl2F3N12O26/c1-31(2)16-46(87-5)71(109)95-61-63(103)36-9-14-50(44(81)19-36)118-52-21-38-22-53(67(52)122-78-68(66(106)65(105)54(30-98)120-78)121-56-26-79(4,69(107)32(3)117-56)89-28-33-17-39(29-88-27-33)90-70(108)34-6-11-41(12-7-34)123-80(83,84)85)119-51-15-10-37(20-45(51)82)64(104)62-76(114)94-60(77(115)97-116)43-23-40(99)24-49(101)57(43)42-18-35(8-13-48(42)100)58(73(111)96-62)93-74(112)59(38)92-72(110)47(25-55(86)102)91-75(61)113/h6-15,17-24,27,29,31-32,46-47,54,56,58-66,68-69,78,87,89,98-101,103-107,116H,16,25-26,28,30H2,1-5H3,(H2,86,102)(H,90,108)(H,91,113)(H,92,110)(H,93,112)(H,94,114)(H,95,109)(H,96,111)(H,97,115). The molecule has 7 aromatic rings. The summed E-state index contributed by atoms with van der Waals surface area (Å²) in [5.74, 6) is -17.5. The topological polar surface area (TPSA) is 580 Å². The van der Waals surface area contributed by atoms with Gasteiger partial charge in [0, 0.05) is 47.5 Å². The van der Waals surface area contributed by atoms with Gasteiger partial charge in [-0.2, -0.15) is 0 Å². The maximum atomic E-state index is 16.3. The number of nitrogens with two attached hydrogens (primary N) is 1. The normalized spacial score (nSPS) is 26.3. The molecule has 123 heavy (non-hydrogen) atoms. The number of carbonyl (C=O) groups is 9. The summed E-state index contributed by atoms with van der Waals surface area (Å²) in [6.07, 6.45) is -22.1. The van der Waals surface area contributed by atoms with Crippen molar-refractivity contribution < 1.29 is 141 Å². The first-order valence-electron chi connectivity index (χ1n) is 38.0. The van der Waals surface area contributed by atoms with Crippen molar-refractivity contribution in [3.8, 4) is 62.9 Å². The van der Waals surface area contributed by atoms with E-state index >= 15 is 19.2 Å². The number of likely N-dealkylation sites (N-methyl/N-ethyl adjacent to an activating group) is 1. The van der Waals surface area contributed by atoms with Gasteiger partial charge in [0.25, 0.3) is 11.8 Å². The molecule has 0 radical (unpaired) electrons. The van der Waals surface area contributed by atoms with E-state index in [4.69, 9.17) is 57.4 Å². The Morgan fingerprint density at radius 3 is 1.97 bits per heavy atom. The van der Waals surface area contributed by atoms with E-state index < -0.39 is 271 Å². The van der Waals surface area contributed by atoms with E-state index in [-0.39, 0.29) is 47.7 Å². The number of anilines is 1. The number of aliphatic hydroxyl groups excluding tert-OH is 6. The van der Waals surface area contributed by atoms with E-state index in [0.29, 0.717) is 5.56 Å². The summed E-state index contributed by atoms with van der Waals surface area (Å²) in [5.41, 5.74) is 3.19. The Hall–Kier alpha value is -11.8. The van der Waals surface area contributed by atoms with Crippen molar-refractivity contribution in [2.24, 2.45) is 11.7 Å². The van der Waals surface area contributed by atoms with Gasteiger partial charge in [0.15, 0.2) is 23.9 Å². The van der Waals surface area contributed by atoms with Gasteiger partial charge < -0.3 is 133 Å². The minimum absolute atomic E-state index is 0.0401. The van der Waals surface area contributed by atoms with E-state index in [1.54, 1.807) is 20.8 Å². The molecular weight excluding hydrogens is 1670 g/mol. The predicted molar refractivity (Wildman–Crippen MR) is 420 cm³/mol. The lowest BCUT2D eigenvalue weighted by Crippen LogP contribution is -2.65. The van der Waals surface area contributed by atoms with Crippen LogP contribution in [-0.2, 0) is 59.1 Å². The molecule has 656 valence electrons. The number of halogens is 5. The molecule has 7 aliphatic heterocycles. The Morgan fingerprint density at radius 1 is 0.715 bits per heavy atom. The number of nitrogens with one attached hydrogen (secondary N) is 10. The largest absolute Gasteiger partial charge is 0.573 e. The van der Waals surface area contributed by atoms with Crippen LogP contribution >= 0.6 is 23.2 Å². The van der Waals surface area contributed by atoms with Crippen LogP contribution in [0.15, 0.2) is 122 Å². The highest BCUT2D eigenvalue weighted by Gasteiger charge is 2.52.